The highest BCUT2D eigenvalue weighted by Crippen LogP contribution is 2.23. The molecule has 1 amide bonds. The number of furan rings is 1. The van der Waals surface area contributed by atoms with Crippen molar-refractivity contribution in [2.24, 2.45) is 0 Å². The Balaban J connectivity index is 2.29. The first-order chi connectivity index (χ1) is 9.51. The zero-order chi connectivity index (χ0) is 14.7. The fourth-order valence-electron chi connectivity index (χ4n) is 1.52. The quantitative estimate of drug-likeness (QED) is 0.849. The number of hydrogen-bond acceptors (Lipinski definition) is 4. The molecule has 0 bridgehead atoms. The number of methoxy groups -OCH3 is 1. The number of amides is 1. The number of nitrogens with one attached hydrogen (secondary N) is 1. The van der Waals surface area contributed by atoms with E-state index in [-0.39, 0.29) is 11.3 Å². The van der Waals surface area contributed by atoms with Crippen LogP contribution in [0.5, 0.6) is 0 Å². The zero-order valence-corrected chi connectivity index (χ0v) is 12.6. The van der Waals surface area contributed by atoms with Gasteiger partial charge in [-0.05, 0) is 46.3 Å². The zero-order valence-electron chi connectivity index (χ0n) is 10.3. The first kappa shape index (κ1) is 14.6. The summed E-state index contributed by atoms with van der Waals surface area (Å²) in [6.45, 7) is 0. The van der Waals surface area contributed by atoms with Crippen LogP contribution in [0.3, 0.4) is 0 Å². The van der Waals surface area contributed by atoms with Crippen molar-refractivity contribution in [1.29, 1.82) is 0 Å². The molecule has 0 saturated carbocycles. The molecule has 1 heterocycles. The van der Waals surface area contributed by atoms with E-state index in [1.165, 1.54) is 25.3 Å². The lowest BCUT2D eigenvalue weighted by atomic mass is 10.1. The predicted octanol–water partition coefficient (Wildman–Crippen LogP) is 3.73. The molecule has 104 valence electrons. The highest BCUT2D eigenvalue weighted by atomic mass is 79.9. The molecule has 0 fully saturated rings. The molecule has 0 saturated heterocycles. The maximum Gasteiger partial charge on any atom is 0.340 e. The van der Waals surface area contributed by atoms with E-state index >= 15 is 0 Å². The Morgan fingerprint density at radius 3 is 2.65 bits per heavy atom. The summed E-state index contributed by atoms with van der Waals surface area (Å²) in [4.78, 5) is 23.6. The lowest BCUT2D eigenvalue weighted by molar-refractivity contribution is 0.0602. The summed E-state index contributed by atoms with van der Waals surface area (Å²) in [6, 6.07) is 7.60. The predicted molar refractivity (Wildman–Crippen MR) is 77.2 cm³/mol. The standard InChI is InChI=1S/C13H9BrClNO4/c1-19-13(18)8-6-7(15)2-3-9(8)16-12(17)10-4-5-11(14)20-10/h2-6H,1H3,(H,16,17). The van der Waals surface area contributed by atoms with E-state index in [2.05, 4.69) is 26.0 Å². The van der Waals surface area contributed by atoms with Crippen LogP contribution in [0.15, 0.2) is 39.4 Å². The molecule has 0 spiro atoms. The number of halogens is 2. The van der Waals surface area contributed by atoms with Gasteiger partial charge in [-0.1, -0.05) is 11.6 Å². The molecule has 7 heteroatoms. The van der Waals surface area contributed by atoms with Crippen molar-refractivity contribution >= 4 is 45.1 Å². The molecule has 1 aromatic carbocycles. The van der Waals surface area contributed by atoms with Gasteiger partial charge in [-0.3, -0.25) is 4.79 Å². The summed E-state index contributed by atoms with van der Waals surface area (Å²) in [5.74, 6) is -0.964. The van der Waals surface area contributed by atoms with Gasteiger partial charge in [-0.2, -0.15) is 0 Å². The number of ether oxygens (including phenoxy) is 1. The van der Waals surface area contributed by atoms with Gasteiger partial charge in [0.05, 0.1) is 18.4 Å². The molecule has 0 radical (unpaired) electrons. The number of esters is 1. The van der Waals surface area contributed by atoms with E-state index in [1.54, 1.807) is 12.1 Å². The Labute approximate surface area is 128 Å². The Hall–Kier alpha value is -1.79. The van der Waals surface area contributed by atoms with Gasteiger partial charge >= 0.3 is 5.97 Å². The molecule has 0 aliphatic carbocycles. The van der Waals surface area contributed by atoms with E-state index in [9.17, 15) is 9.59 Å². The van der Waals surface area contributed by atoms with Gasteiger partial charge in [0.1, 0.15) is 0 Å². The number of carbonyl (C=O) groups excluding carboxylic acids is 2. The molecule has 20 heavy (non-hydrogen) atoms. The fourth-order valence-corrected chi connectivity index (χ4v) is 2.00. The van der Waals surface area contributed by atoms with Crippen molar-refractivity contribution in [1.82, 2.24) is 0 Å². The van der Waals surface area contributed by atoms with Gasteiger partial charge in [-0.25, -0.2) is 4.79 Å². The van der Waals surface area contributed by atoms with Crippen molar-refractivity contribution in [2.45, 2.75) is 0 Å². The maximum atomic E-state index is 12.0. The largest absolute Gasteiger partial charge is 0.465 e. The molecular formula is C13H9BrClNO4. The number of rotatable bonds is 3. The second-order valence-corrected chi connectivity index (χ2v) is 4.96. The molecule has 0 unspecified atom stereocenters. The van der Waals surface area contributed by atoms with E-state index in [1.807, 2.05) is 0 Å². The summed E-state index contributed by atoms with van der Waals surface area (Å²) < 4.78 is 10.2. The SMILES string of the molecule is COC(=O)c1cc(Cl)ccc1NC(=O)c1ccc(Br)o1. The van der Waals surface area contributed by atoms with Gasteiger partial charge in [-0.15, -0.1) is 0 Å². The third-order valence-electron chi connectivity index (χ3n) is 2.43. The third kappa shape index (κ3) is 3.20. The summed E-state index contributed by atoms with van der Waals surface area (Å²) >= 11 is 8.94. The Bertz CT molecular complexity index is 668. The molecule has 1 N–H and O–H groups in total. The average molecular weight is 359 g/mol. The van der Waals surface area contributed by atoms with Gasteiger partial charge in [0, 0.05) is 5.02 Å². The van der Waals surface area contributed by atoms with E-state index in [0.29, 0.717) is 15.4 Å². The van der Waals surface area contributed by atoms with E-state index in [0.717, 1.165) is 0 Å². The van der Waals surface area contributed by atoms with Gasteiger partial charge < -0.3 is 14.5 Å². The molecule has 5 nitrogen and oxygen atoms in total. The van der Waals surface area contributed by atoms with Crippen LogP contribution in [0.25, 0.3) is 0 Å². The molecule has 2 rings (SSSR count). The first-order valence-electron chi connectivity index (χ1n) is 5.46. The Kier molecular flexibility index (Phi) is 4.46. The minimum absolute atomic E-state index is 0.114. The second-order valence-electron chi connectivity index (χ2n) is 3.74. The second kappa shape index (κ2) is 6.11. The van der Waals surface area contributed by atoms with Crippen LogP contribution in [0.1, 0.15) is 20.9 Å². The first-order valence-corrected chi connectivity index (χ1v) is 6.63. The number of anilines is 1. The smallest absolute Gasteiger partial charge is 0.340 e. The van der Waals surface area contributed by atoms with Crippen molar-refractivity contribution in [3.63, 3.8) is 0 Å². The third-order valence-corrected chi connectivity index (χ3v) is 3.09. The van der Waals surface area contributed by atoms with Crippen LogP contribution >= 0.6 is 27.5 Å². The van der Waals surface area contributed by atoms with Crippen molar-refractivity contribution in [3.8, 4) is 0 Å². The molecule has 0 aliphatic rings. The Morgan fingerprint density at radius 2 is 2.05 bits per heavy atom. The van der Waals surface area contributed by atoms with Crippen LogP contribution in [-0.4, -0.2) is 19.0 Å². The van der Waals surface area contributed by atoms with Crippen LogP contribution in [0.4, 0.5) is 5.69 Å². The molecular weight excluding hydrogens is 350 g/mol. The minimum atomic E-state index is -0.594. The van der Waals surface area contributed by atoms with Crippen LogP contribution in [0, 0.1) is 0 Å². The van der Waals surface area contributed by atoms with Gasteiger partial charge in [0.15, 0.2) is 10.4 Å². The monoisotopic (exact) mass is 357 g/mol. The molecule has 2 aromatic rings. The van der Waals surface area contributed by atoms with Crippen molar-refractivity contribution in [3.05, 3.63) is 51.3 Å². The lowest BCUT2D eigenvalue weighted by Crippen LogP contribution is -2.14. The highest BCUT2D eigenvalue weighted by molar-refractivity contribution is 9.10. The Morgan fingerprint density at radius 1 is 1.30 bits per heavy atom. The molecule has 0 aliphatic heterocycles. The summed E-state index contributed by atoms with van der Waals surface area (Å²) in [7, 11) is 1.25. The number of carbonyl (C=O) groups is 2. The number of hydrogen-bond donors (Lipinski definition) is 1. The van der Waals surface area contributed by atoms with Gasteiger partial charge in [0.25, 0.3) is 5.91 Å². The summed E-state index contributed by atoms with van der Waals surface area (Å²) in [5, 5.41) is 2.93. The van der Waals surface area contributed by atoms with Crippen molar-refractivity contribution < 1.29 is 18.7 Å². The van der Waals surface area contributed by atoms with Crippen LogP contribution < -0.4 is 5.32 Å². The topological polar surface area (TPSA) is 68.5 Å². The number of benzene rings is 1. The highest BCUT2D eigenvalue weighted by Gasteiger charge is 2.17. The lowest BCUT2D eigenvalue weighted by Gasteiger charge is -2.09. The van der Waals surface area contributed by atoms with Crippen LogP contribution in [0.2, 0.25) is 5.02 Å². The summed E-state index contributed by atoms with van der Waals surface area (Å²) in [5.41, 5.74) is 0.456. The molecule has 0 atom stereocenters. The minimum Gasteiger partial charge on any atom is -0.465 e. The average Bonchev–Trinajstić information content (AvgIpc) is 2.86. The maximum absolute atomic E-state index is 12.0. The fraction of sp³-hybridized carbons (Fsp3) is 0.0769. The normalized spacial score (nSPS) is 10.2. The summed E-state index contributed by atoms with van der Waals surface area (Å²) in [6.07, 6.45) is 0. The molecule has 1 aromatic heterocycles. The van der Waals surface area contributed by atoms with E-state index in [4.69, 9.17) is 16.0 Å². The van der Waals surface area contributed by atoms with Crippen LogP contribution in [-0.2, 0) is 4.74 Å². The van der Waals surface area contributed by atoms with Crippen molar-refractivity contribution in [2.75, 3.05) is 12.4 Å². The van der Waals surface area contributed by atoms with Gasteiger partial charge in [0.2, 0.25) is 0 Å². The van der Waals surface area contributed by atoms with E-state index < -0.39 is 11.9 Å².